The van der Waals surface area contributed by atoms with Crippen LogP contribution < -0.4 is 0 Å². The number of amides is 1. The average Bonchev–Trinajstić information content (AvgIpc) is 3.01. The molecule has 3 heterocycles. The maximum absolute atomic E-state index is 12.2. The van der Waals surface area contributed by atoms with Crippen LogP contribution in [0, 0.1) is 3.70 Å². The van der Waals surface area contributed by atoms with Crippen molar-refractivity contribution in [2.24, 2.45) is 0 Å². The highest BCUT2D eigenvalue weighted by molar-refractivity contribution is 14.1. The zero-order chi connectivity index (χ0) is 15.9. The highest BCUT2D eigenvalue weighted by Crippen LogP contribution is 2.27. The molecule has 1 atom stereocenters. The average molecular weight is 413 g/mol. The number of aromatic nitrogens is 2. The molecule has 1 fully saturated rings. The van der Waals surface area contributed by atoms with Gasteiger partial charge in [-0.25, -0.2) is 9.78 Å². The van der Waals surface area contributed by atoms with Crippen LogP contribution in [0.3, 0.4) is 0 Å². The molecule has 0 aromatic carbocycles. The molecule has 0 N–H and O–H groups in total. The zero-order valence-corrected chi connectivity index (χ0v) is 15.2. The molecule has 0 unspecified atom stereocenters. The molecule has 3 rings (SSSR count). The first kappa shape index (κ1) is 15.6. The lowest BCUT2D eigenvalue weighted by atomic mass is 10.2. The van der Waals surface area contributed by atoms with Gasteiger partial charge < -0.3 is 14.2 Å². The Kier molecular flexibility index (Phi) is 4.05. The van der Waals surface area contributed by atoms with Gasteiger partial charge in [0.15, 0.2) is 0 Å². The molecule has 5 nitrogen and oxygen atoms in total. The molecule has 1 amide bonds. The molecule has 2 aromatic rings. The third-order valence-corrected chi connectivity index (χ3v) is 4.34. The number of carbonyl (C=O) groups is 1. The Morgan fingerprint density at radius 1 is 1.36 bits per heavy atom. The van der Waals surface area contributed by atoms with Crippen LogP contribution in [0.2, 0.25) is 0 Å². The van der Waals surface area contributed by atoms with E-state index in [-0.39, 0.29) is 12.1 Å². The quantitative estimate of drug-likeness (QED) is 0.528. The second-order valence-corrected chi connectivity index (χ2v) is 7.74. The normalized spacial score (nSPS) is 18.9. The summed E-state index contributed by atoms with van der Waals surface area (Å²) >= 11 is 2.23. The minimum absolute atomic E-state index is 0.228. The van der Waals surface area contributed by atoms with E-state index in [9.17, 15) is 4.79 Å². The molecule has 6 heteroatoms. The maximum Gasteiger partial charge on any atom is 0.410 e. The van der Waals surface area contributed by atoms with Gasteiger partial charge in [-0.1, -0.05) is 0 Å². The van der Waals surface area contributed by atoms with Crippen molar-refractivity contribution in [3.8, 4) is 0 Å². The van der Waals surface area contributed by atoms with Gasteiger partial charge in [-0.15, -0.1) is 0 Å². The monoisotopic (exact) mass is 413 g/mol. The Bertz CT molecular complexity index is 705. The zero-order valence-electron chi connectivity index (χ0n) is 13.0. The SMILES string of the molecule is CC(C)(C)OC(=O)N1CC[C@H](n2ccc3ccc(I)nc32)C1. The first-order valence-corrected chi connectivity index (χ1v) is 8.52. The molecule has 22 heavy (non-hydrogen) atoms. The van der Waals surface area contributed by atoms with Crippen LogP contribution in [0.15, 0.2) is 24.4 Å². The Labute approximate surface area is 143 Å². The fourth-order valence-electron chi connectivity index (χ4n) is 2.76. The van der Waals surface area contributed by atoms with Crippen molar-refractivity contribution in [3.63, 3.8) is 0 Å². The van der Waals surface area contributed by atoms with E-state index in [4.69, 9.17) is 4.74 Å². The molecule has 0 spiro atoms. The van der Waals surface area contributed by atoms with Crippen LogP contribution >= 0.6 is 22.6 Å². The molecule has 0 aliphatic carbocycles. The molecular weight excluding hydrogens is 393 g/mol. The van der Waals surface area contributed by atoms with E-state index >= 15 is 0 Å². The van der Waals surface area contributed by atoms with Gasteiger partial charge in [0.05, 0.1) is 6.04 Å². The lowest BCUT2D eigenvalue weighted by molar-refractivity contribution is 0.0289. The molecule has 0 bridgehead atoms. The second kappa shape index (κ2) is 5.72. The largest absolute Gasteiger partial charge is 0.444 e. The minimum Gasteiger partial charge on any atom is -0.444 e. The third kappa shape index (κ3) is 3.21. The van der Waals surface area contributed by atoms with E-state index < -0.39 is 5.60 Å². The lowest BCUT2D eigenvalue weighted by Crippen LogP contribution is -2.35. The number of ether oxygens (including phenoxy) is 1. The van der Waals surface area contributed by atoms with Crippen molar-refractivity contribution in [3.05, 3.63) is 28.1 Å². The van der Waals surface area contributed by atoms with Crippen LogP contribution in [-0.4, -0.2) is 39.2 Å². The standard InChI is InChI=1S/C16H20IN3O2/c1-16(2,3)22-15(21)19-8-7-12(10-19)20-9-6-11-4-5-13(17)18-14(11)20/h4-6,9,12H,7-8,10H2,1-3H3/t12-/m0/s1. The third-order valence-electron chi connectivity index (χ3n) is 3.74. The fraction of sp³-hybridized carbons (Fsp3) is 0.500. The molecule has 1 saturated heterocycles. The Balaban J connectivity index is 1.77. The van der Waals surface area contributed by atoms with E-state index in [2.05, 4.69) is 50.5 Å². The first-order chi connectivity index (χ1) is 10.3. The number of rotatable bonds is 1. The van der Waals surface area contributed by atoms with Crippen LogP contribution in [-0.2, 0) is 4.74 Å². The van der Waals surface area contributed by atoms with Crippen LogP contribution in [0.5, 0.6) is 0 Å². The highest BCUT2D eigenvalue weighted by atomic mass is 127. The summed E-state index contributed by atoms with van der Waals surface area (Å²) in [6.07, 6.45) is 2.77. The molecule has 1 aliphatic rings. The van der Waals surface area contributed by atoms with Gasteiger partial charge in [0.1, 0.15) is 14.9 Å². The second-order valence-electron chi connectivity index (χ2n) is 6.64. The number of carbonyl (C=O) groups excluding carboxylic acids is 1. The van der Waals surface area contributed by atoms with Gasteiger partial charge in [0.25, 0.3) is 0 Å². The molecule has 2 aromatic heterocycles. The number of likely N-dealkylation sites (tertiary alicyclic amines) is 1. The molecule has 0 saturated carbocycles. The summed E-state index contributed by atoms with van der Waals surface area (Å²) in [5.41, 5.74) is 0.537. The van der Waals surface area contributed by atoms with Gasteiger partial charge >= 0.3 is 6.09 Å². The predicted octanol–water partition coefficient (Wildman–Crippen LogP) is 3.82. The summed E-state index contributed by atoms with van der Waals surface area (Å²) in [4.78, 5) is 18.6. The number of fused-ring (bicyclic) bond motifs is 1. The molecule has 0 radical (unpaired) electrons. The summed E-state index contributed by atoms with van der Waals surface area (Å²) in [7, 11) is 0. The number of halogens is 1. The van der Waals surface area contributed by atoms with Gasteiger partial charge in [0.2, 0.25) is 0 Å². The summed E-state index contributed by atoms with van der Waals surface area (Å²) in [6, 6.07) is 6.43. The smallest absolute Gasteiger partial charge is 0.410 e. The predicted molar refractivity (Wildman–Crippen MR) is 93.9 cm³/mol. The number of nitrogens with zero attached hydrogens (tertiary/aromatic N) is 3. The van der Waals surface area contributed by atoms with Crippen molar-refractivity contribution in [1.29, 1.82) is 0 Å². The van der Waals surface area contributed by atoms with Gasteiger partial charge in [-0.05, 0) is 68.0 Å². The fourth-order valence-corrected chi connectivity index (χ4v) is 3.17. The van der Waals surface area contributed by atoms with Crippen LogP contribution in [0.4, 0.5) is 4.79 Å². The lowest BCUT2D eigenvalue weighted by Gasteiger charge is -2.24. The summed E-state index contributed by atoms with van der Waals surface area (Å²) in [5.74, 6) is 0. The molecular formula is C16H20IN3O2. The summed E-state index contributed by atoms with van der Waals surface area (Å²) in [5, 5.41) is 1.14. The Morgan fingerprint density at radius 2 is 2.14 bits per heavy atom. The van der Waals surface area contributed by atoms with E-state index in [0.717, 1.165) is 27.7 Å². The Morgan fingerprint density at radius 3 is 2.86 bits per heavy atom. The highest BCUT2D eigenvalue weighted by Gasteiger charge is 2.31. The van der Waals surface area contributed by atoms with Crippen LogP contribution in [0.1, 0.15) is 33.2 Å². The van der Waals surface area contributed by atoms with Crippen molar-refractivity contribution in [2.45, 2.75) is 38.8 Å². The minimum atomic E-state index is -0.451. The molecule has 118 valence electrons. The summed E-state index contributed by atoms with van der Waals surface area (Å²) in [6.45, 7) is 7.08. The van der Waals surface area contributed by atoms with E-state index in [0.29, 0.717) is 6.54 Å². The van der Waals surface area contributed by atoms with Gasteiger partial charge in [-0.3, -0.25) is 0 Å². The van der Waals surface area contributed by atoms with Crippen molar-refractivity contribution < 1.29 is 9.53 Å². The van der Waals surface area contributed by atoms with Crippen molar-refractivity contribution in [1.82, 2.24) is 14.5 Å². The van der Waals surface area contributed by atoms with E-state index in [1.807, 2.05) is 26.8 Å². The van der Waals surface area contributed by atoms with E-state index in [1.54, 1.807) is 4.90 Å². The van der Waals surface area contributed by atoms with Crippen molar-refractivity contribution in [2.75, 3.05) is 13.1 Å². The topological polar surface area (TPSA) is 47.4 Å². The number of pyridine rings is 1. The van der Waals surface area contributed by atoms with Gasteiger partial charge in [0, 0.05) is 24.7 Å². The summed E-state index contributed by atoms with van der Waals surface area (Å²) < 4.78 is 8.62. The van der Waals surface area contributed by atoms with Gasteiger partial charge in [-0.2, -0.15) is 0 Å². The van der Waals surface area contributed by atoms with Crippen LogP contribution in [0.25, 0.3) is 11.0 Å². The number of hydrogen-bond donors (Lipinski definition) is 0. The molecule has 1 aliphatic heterocycles. The Hall–Kier alpha value is -1.31. The first-order valence-electron chi connectivity index (χ1n) is 7.44. The maximum atomic E-state index is 12.2. The van der Waals surface area contributed by atoms with Crippen molar-refractivity contribution >= 4 is 39.7 Å². The number of hydrogen-bond acceptors (Lipinski definition) is 3. The van der Waals surface area contributed by atoms with E-state index in [1.165, 1.54) is 0 Å².